The Morgan fingerprint density at radius 3 is 2.44 bits per heavy atom. The molecule has 1 aromatic carbocycles. The van der Waals surface area contributed by atoms with Crippen LogP contribution in [-0.2, 0) is 9.53 Å². The quantitative estimate of drug-likeness (QED) is 0.767. The van der Waals surface area contributed by atoms with E-state index in [1.807, 2.05) is 26.0 Å². The van der Waals surface area contributed by atoms with Crippen LogP contribution >= 0.6 is 0 Å². The first-order chi connectivity index (χ1) is 12.9. The number of alkyl carbamates (subject to hydrolysis) is 1. The van der Waals surface area contributed by atoms with Gasteiger partial charge < -0.3 is 9.64 Å². The molecular weight excluding hydrogens is 342 g/mol. The molecule has 0 unspecified atom stereocenters. The summed E-state index contributed by atoms with van der Waals surface area (Å²) in [6.07, 6.45) is 2.41. The fourth-order valence-corrected chi connectivity index (χ4v) is 2.85. The van der Waals surface area contributed by atoms with Crippen molar-refractivity contribution in [1.29, 1.82) is 0 Å². The molecule has 0 heterocycles. The van der Waals surface area contributed by atoms with Crippen LogP contribution in [0.3, 0.4) is 0 Å². The van der Waals surface area contributed by atoms with Crippen LogP contribution < -0.4 is 10.2 Å². The van der Waals surface area contributed by atoms with Crippen LogP contribution in [0.1, 0.15) is 33.3 Å². The van der Waals surface area contributed by atoms with Crippen LogP contribution in [-0.4, -0.2) is 37.3 Å². The summed E-state index contributed by atoms with van der Waals surface area (Å²) in [4.78, 5) is 30.7. The Balaban J connectivity index is 2.33. The summed E-state index contributed by atoms with van der Waals surface area (Å²) >= 11 is 0. The number of rotatable bonds is 6. The highest BCUT2D eigenvalue weighted by atomic mass is 16.5. The van der Waals surface area contributed by atoms with Gasteiger partial charge >= 0.3 is 6.09 Å². The molecule has 0 aliphatic heterocycles. The van der Waals surface area contributed by atoms with Crippen LogP contribution in [0.5, 0.6) is 0 Å². The van der Waals surface area contributed by atoms with Crippen molar-refractivity contribution in [2.75, 3.05) is 24.6 Å². The minimum atomic E-state index is -0.649. The number of hydrogen-bond donors (Lipinski definition) is 1. The number of nitrogens with one attached hydrogen (secondary N) is 1. The summed E-state index contributed by atoms with van der Waals surface area (Å²) in [5, 5.41) is 2.48. The van der Waals surface area contributed by atoms with E-state index in [0.717, 1.165) is 35.6 Å². The highest BCUT2D eigenvalue weighted by molar-refractivity contribution is 6.22. The second kappa shape index (κ2) is 9.16. The number of allylic oxidation sites excluding steroid dienone is 3. The Labute approximate surface area is 160 Å². The van der Waals surface area contributed by atoms with Gasteiger partial charge in [-0.05, 0) is 76.1 Å². The number of aliphatic imine (C=N–C) groups is 1. The first-order valence-corrected chi connectivity index (χ1v) is 9.22. The largest absolute Gasteiger partial charge is 0.450 e. The third-order valence-corrected chi connectivity index (χ3v) is 4.36. The first kappa shape index (κ1) is 20.4. The monoisotopic (exact) mass is 369 g/mol. The molecule has 1 aliphatic rings. The van der Waals surface area contributed by atoms with Crippen molar-refractivity contribution >= 4 is 29.0 Å². The number of carbonyl (C=O) groups is 2. The fraction of sp³-hybridized carbons (Fsp3) is 0.381. The number of benzene rings is 1. The van der Waals surface area contributed by atoms with Gasteiger partial charge in [-0.1, -0.05) is 0 Å². The first-order valence-electron chi connectivity index (χ1n) is 9.22. The molecule has 0 bridgehead atoms. The standard InChI is InChI=1S/C21H27N3O3/c1-6-24(7-2)16-9-10-17(14(4)11-16)22-18-13-19(20(25)12-15(18)5)23-21(26)27-8-3/h9-13H,6-8H2,1-5H3,(H,23,26). The van der Waals surface area contributed by atoms with Gasteiger partial charge in [-0.2, -0.15) is 0 Å². The molecule has 6 nitrogen and oxygen atoms in total. The van der Waals surface area contributed by atoms with Crippen molar-refractivity contribution in [3.05, 3.63) is 47.2 Å². The fourth-order valence-electron chi connectivity index (χ4n) is 2.85. The van der Waals surface area contributed by atoms with Crippen molar-refractivity contribution in [2.45, 2.75) is 34.6 Å². The minimum Gasteiger partial charge on any atom is -0.450 e. The number of hydrogen-bond acceptors (Lipinski definition) is 5. The maximum absolute atomic E-state index is 12.1. The molecule has 0 saturated carbocycles. The van der Waals surface area contributed by atoms with E-state index in [9.17, 15) is 9.59 Å². The van der Waals surface area contributed by atoms with Gasteiger partial charge in [-0.3, -0.25) is 10.1 Å². The molecule has 1 N–H and O–H groups in total. The molecule has 2 rings (SSSR count). The lowest BCUT2D eigenvalue weighted by Gasteiger charge is -2.22. The molecule has 0 aromatic heterocycles. The molecule has 0 fully saturated rings. The third kappa shape index (κ3) is 5.06. The summed E-state index contributed by atoms with van der Waals surface area (Å²) in [6, 6.07) is 6.14. The van der Waals surface area contributed by atoms with E-state index in [4.69, 9.17) is 9.73 Å². The lowest BCUT2D eigenvalue weighted by atomic mass is 10.0. The lowest BCUT2D eigenvalue weighted by Crippen LogP contribution is -2.30. The van der Waals surface area contributed by atoms with Gasteiger partial charge in [0.15, 0.2) is 0 Å². The molecule has 1 amide bonds. The van der Waals surface area contributed by atoms with Gasteiger partial charge in [0.1, 0.15) is 0 Å². The van der Waals surface area contributed by atoms with E-state index < -0.39 is 6.09 Å². The number of nitrogens with zero attached hydrogens (tertiary/aromatic N) is 2. The maximum atomic E-state index is 12.1. The molecule has 0 radical (unpaired) electrons. The zero-order chi connectivity index (χ0) is 20.0. The van der Waals surface area contributed by atoms with Gasteiger partial charge in [-0.15, -0.1) is 0 Å². The van der Waals surface area contributed by atoms with E-state index in [2.05, 4.69) is 30.1 Å². The van der Waals surface area contributed by atoms with E-state index in [1.54, 1.807) is 13.0 Å². The summed E-state index contributed by atoms with van der Waals surface area (Å²) < 4.78 is 4.84. The van der Waals surface area contributed by atoms with Crippen molar-refractivity contribution in [2.24, 2.45) is 4.99 Å². The van der Waals surface area contributed by atoms with E-state index >= 15 is 0 Å². The predicted octanol–water partition coefficient (Wildman–Crippen LogP) is 4.07. The molecule has 0 atom stereocenters. The van der Waals surface area contributed by atoms with Gasteiger partial charge in [0, 0.05) is 18.8 Å². The third-order valence-electron chi connectivity index (χ3n) is 4.36. The number of amides is 1. The molecule has 27 heavy (non-hydrogen) atoms. The topological polar surface area (TPSA) is 71.0 Å². The van der Waals surface area contributed by atoms with E-state index in [1.165, 1.54) is 6.08 Å². The van der Waals surface area contributed by atoms with Crippen molar-refractivity contribution in [3.8, 4) is 0 Å². The van der Waals surface area contributed by atoms with Crippen molar-refractivity contribution in [3.63, 3.8) is 0 Å². The summed E-state index contributed by atoms with van der Waals surface area (Å²) in [5.41, 5.74) is 4.59. The molecule has 0 saturated heterocycles. The van der Waals surface area contributed by atoms with Crippen LogP contribution in [0.2, 0.25) is 0 Å². The SMILES string of the molecule is CCOC(=O)NC1=CC(=Nc2ccc(N(CC)CC)cc2C)C(C)=CC1=O. The highest BCUT2D eigenvalue weighted by Gasteiger charge is 2.19. The van der Waals surface area contributed by atoms with E-state index in [-0.39, 0.29) is 18.1 Å². The normalized spacial score (nSPS) is 15.3. The Kier molecular flexibility index (Phi) is 6.93. The maximum Gasteiger partial charge on any atom is 0.411 e. The van der Waals surface area contributed by atoms with Crippen LogP contribution in [0.25, 0.3) is 0 Å². The number of aryl methyl sites for hydroxylation is 1. The Morgan fingerprint density at radius 2 is 1.85 bits per heavy atom. The van der Waals surface area contributed by atoms with Gasteiger partial charge in [0.2, 0.25) is 5.78 Å². The number of ether oxygens (including phenoxy) is 1. The van der Waals surface area contributed by atoms with Crippen molar-refractivity contribution < 1.29 is 14.3 Å². The lowest BCUT2D eigenvalue weighted by molar-refractivity contribution is -0.111. The van der Waals surface area contributed by atoms with Gasteiger partial charge in [-0.25, -0.2) is 9.79 Å². The van der Waals surface area contributed by atoms with E-state index in [0.29, 0.717) is 5.71 Å². The summed E-state index contributed by atoms with van der Waals surface area (Å²) in [7, 11) is 0. The number of anilines is 1. The smallest absolute Gasteiger partial charge is 0.411 e. The molecule has 1 aromatic rings. The average Bonchev–Trinajstić information content (AvgIpc) is 2.62. The Hall–Kier alpha value is -2.89. The Bertz CT molecular complexity index is 818. The second-order valence-electron chi connectivity index (χ2n) is 6.24. The molecule has 0 spiro atoms. The average molecular weight is 369 g/mol. The summed E-state index contributed by atoms with van der Waals surface area (Å²) in [6.45, 7) is 11.9. The van der Waals surface area contributed by atoms with Gasteiger partial charge in [0.05, 0.1) is 23.7 Å². The Morgan fingerprint density at radius 1 is 1.15 bits per heavy atom. The zero-order valence-corrected chi connectivity index (χ0v) is 16.6. The summed E-state index contributed by atoms with van der Waals surface area (Å²) in [5.74, 6) is -0.270. The second-order valence-corrected chi connectivity index (χ2v) is 6.24. The van der Waals surface area contributed by atoms with Crippen molar-refractivity contribution in [1.82, 2.24) is 5.32 Å². The van der Waals surface area contributed by atoms with Crippen LogP contribution in [0, 0.1) is 6.92 Å². The predicted molar refractivity (Wildman–Crippen MR) is 109 cm³/mol. The zero-order valence-electron chi connectivity index (χ0n) is 16.6. The molecule has 6 heteroatoms. The molecular formula is C21H27N3O3. The highest BCUT2D eigenvalue weighted by Crippen LogP contribution is 2.26. The molecule has 1 aliphatic carbocycles. The van der Waals surface area contributed by atoms with Crippen LogP contribution in [0.4, 0.5) is 16.2 Å². The molecule has 144 valence electrons. The number of ketones is 1. The number of carbonyl (C=O) groups excluding carboxylic acids is 2. The minimum absolute atomic E-state index is 0.162. The van der Waals surface area contributed by atoms with Gasteiger partial charge in [0.25, 0.3) is 0 Å². The van der Waals surface area contributed by atoms with Crippen LogP contribution in [0.15, 0.2) is 46.6 Å².